The number of hydrogen-bond donors (Lipinski definition) is 1. The molecule has 1 aromatic heterocycles. The van der Waals surface area contributed by atoms with Crippen molar-refractivity contribution in [3.8, 4) is 5.75 Å². The first-order chi connectivity index (χ1) is 13.0. The van der Waals surface area contributed by atoms with Gasteiger partial charge in [-0.15, -0.1) is 6.58 Å². The molecule has 0 spiro atoms. The van der Waals surface area contributed by atoms with Crippen LogP contribution in [0.1, 0.15) is 35.6 Å². The maximum Gasteiger partial charge on any atom is 0.339 e. The van der Waals surface area contributed by atoms with Crippen molar-refractivity contribution in [3.63, 3.8) is 0 Å². The smallest absolute Gasteiger partial charge is 0.339 e. The van der Waals surface area contributed by atoms with Crippen LogP contribution in [-0.2, 0) is 13.0 Å². The first kappa shape index (κ1) is 18.7. The molecule has 5 heteroatoms. The van der Waals surface area contributed by atoms with Gasteiger partial charge in [-0.1, -0.05) is 31.2 Å². The Kier molecular flexibility index (Phi) is 5.60. The van der Waals surface area contributed by atoms with E-state index in [0.29, 0.717) is 24.7 Å². The second kappa shape index (κ2) is 8.08. The molecule has 0 radical (unpaired) electrons. The molecule has 0 saturated heterocycles. The molecule has 0 aliphatic rings. The number of allylic oxidation sites excluding steroid dienone is 1. The van der Waals surface area contributed by atoms with E-state index < -0.39 is 5.97 Å². The summed E-state index contributed by atoms with van der Waals surface area (Å²) in [6.45, 7) is 9.07. The number of aromatic carboxylic acids is 1. The van der Waals surface area contributed by atoms with Crippen LogP contribution in [0.3, 0.4) is 0 Å². The van der Waals surface area contributed by atoms with Crippen molar-refractivity contribution in [1.29, 1.82) is 0 Å². The van der Waals surface area contributed by atoms with Gasteiger partial charge in [0.05, 0.1) is 17.6 Å². The Hall–Kier alpha value is -3.08. The molecule has 0 aliphatic carbocycles. The maximum atomic E-state index is 11.4. The number of rotatable bonds is 8. The number of aromatic nitrogens is 2. The standard InChI is InChI=1S/C22H24N2O3/c1-4-15(3)14-24-19-9-7-6-8-18(19)23-21(24)13-16-10-11-17(22(25)26)20(12-16)27-5-2/h4,6-12,15H,1,5,13-14H2,2-3H3,(H,25,26). The van der Waals surface area contributed by atoms with Gasteiger partial charge < -0.3 is 14.4 Å². The second-order valence-corrected chi connectivity index (χ2v) is 6.59. The molecule has 0 saturated carbocycles. The number of para-hydroxylation sites is 2. The fourth-order valence-electron chi connectivity index (χ4n) is 3.14. The molecule has 140 valence electrons. The van der Waals surface area contributed by atoms with E-state index in [2.05, 4.69) is 24.1 Å². The third-order valence-corrected chi connectivity index (χ3v) is 4.55. The van der Waals surface area contributed by atoms with Gasteiger partial charge in [0.25, 0.3) is 0 Å². The summed E-state index contributed by atoms with van der Waals surface area (Å²) in [5, 5.41) is 9.33. The minimum Gasteiger partial charge on any atom is -0.493 e. The minimum atomic E-state index is -0.989. The van der Waals surface area contributed by atoms with Gasteiger partial charge in [0.2, 0.25) is 0 Å². The summed E-state index contributed by atoms with van der Waals surface area (Å²) in [6, 6.07) is 13.3. The van der Waals surface area contributed by atoms with Crippen LogP contribution in [0.5, 0.6) is 5.75 Å². The fourth-order valence-corrected chi connectivity index (χ4v) is 3.14. The van der Waals surface area contributed by atoms with E-state index in [4.69, 9.17) is 9.72 Å². The Labute approximate surface area is 158 Å². The SMILES string of the molecule is C=CC(C)Cn1c(Cc2ccc(C(=O)O)c(OCC)c2)nc2ccccc21. The molecule has 0 fully saturated rings. The first-order valence-electron chi connectivity index (χ1n) is 9.09. The number of hydrogen-bond acceptors (Lipinski definition) is 3. The monoisotopic (exact) mass is 364 g/mol. The van der Waals surface area contributed by atoms with Crippen molar-refractivity contribution < 1.29 is 14.6 Å². The highest BCUT2D eigenvalue weighted by molar-refractivity contribution is 5.91. The van der Waals surface area contributed by atoms with E-state index in [-0.39, 0.29) is 5.56 Å². The van der Waals surface area contributed by atoms with Gasteiger partial charge in [0, 0.05) is 13.0 Å². The molecule has 0 aliphatic heterocycles. The average molecular weight is 364 g/mol. The van der Waals surface area contributed by atoms with Crippen molar-refractivity contribution in [2.45, 2.75) is 26.8 Å². The van der Waals surface area contributed by atoms with Gasteiger partial charge in [-0.05, 0) is 42.7 Å². The molecule has 3 rings (SSSR count). The lowest BCUT2D eigenvalue weighted by atomic mass is 10.1. The number of carboxylic acid groups (broad SMARTS) is 1. The third kappa shape index (κ3) is 4.03. The highest BCUT2D eigenvalue weighted by Gasteiger charge is 2.16. The summed E-state index contributed by atoms with van der Waals surface area (Å²) in [4.78, 5) is 16.2. The zero-order valence-corrected chi connectivity index (χ0v) is 15.7. The fraction of sp³-hybridized carbons (Fsp3) is 0.273. The average Bonchev–Trinajstić information content (AvgIpc) is 2.99. The maximum absolute atomic E-state index is 11.4. The number of carboxylic acids is 1. The Morgan fingerprint density at radius 2 is 2.11 bits per heavy atom. The Balaban J connectivity index is 2.01. The van der Waals surface area contributed by atoms with E-state index in [0.717, 1.165) is 29.0 Å². The first-order valence-corrected chi connectivity index (χ1v) is 9.09. The van der Waals surface area contributed by atoms with Crippen LogP contribution in [0.25, 0.3) is 11.0 Å². The van der Waals surface area contributed by atoms with Crippen molar-refractivity contribution >= 4 is 17.0 Å². The lowest BCUT2D eigenvalue weighted by Gasteiger charge is -2.13. The van der Waals surface area contributed by atoms with Crippen LogP contribution in [0.4, 0.5) is 0 Å². The van der Waals surface area contributed by atoms with Crippen molar-refractivity contribution in [1.82, 2.24) is 9.55 Å². The molecule has 1 N–H and O–H groups in total. The topological polar surface area (TPSA) is 64.4 Å². The van der Waals surface area contributed by atoms with Crippen LogP contribution in [-0.4, -0.2) is 27.2 Å². The predicted molar refractivity (Wildman–Crippen MR) is 106 cm³/mol. The zero-order chi connectivity index (χ0) is 19.4. The van der Waals surface area contributed by atoms with Crippen LogP contribution < -0.4 is 4.74 Å². The third-order valence-electron chi connectivity index (χ3n) is 4.55. The van der Waals surface area contributed by atoms with E-state index >= 15 is 0 Å². The number of imidazole rings is 1. The Morgan fingerprint density at radius 1 is 1.33 bits per heavy atom. The minimum absolute atomic E-state index is 0.175. The predicted octanol–water partition coefficient (Wildman–Crippen LogP) is 4.55. The summed E-state index contributed by atoms with van der Waals surface area (Å²) in [7, 11) is 0. The Bertz CT molecular complexity index is 975. The summed E-state index contributed by atoms with van der Waals surface area (Å²) < 4.78 is 7.74. The van der Waals surface area contributed by atoms with Gasteiger partial charge in [-0.3, -0.25) is 0 Å². The van der Waals surface area contributed by atoms with Gasteiger partial charge in [-0.25, -0.2) is 9.78 Å². The molecule has 0 amide bonds. The number of benzene rings is 2. The number of carbonyl (C=O) groups is 1. The highest BCUT2D eigenvalue weighted by atomic mass is 16.5. The number of ether oxygens (including phenoxy) is 1. The van der Waals surface area contributed by atoms with Crippen LogP contribution in [0, 0.1) is 5.92 Å². The van der Waals surface area contributed by atoms with E-state index in [1.807, 2.05) is 37.3 Å². The lowest BCUT2D eigenvalue weighted by Crippen LogP contribution is -2.10. The molecule has 3 aromatic rings. The molecular formula is C22H24N2O3. The molecule has 1 atom stereocenters. The van der Waals surface area contributed by atoms with E-state index in [1.165, 1.54) is 0 Å². The van der Waals surface area contributed by atoms with E-state index in [9.17, 15) is 9.90 Å². The Morgan fingerprint density at radius 3 is 2.81 bits per heavy atom. The molecule has 5 nitrogen and oxygen atoms in total. The largest absolute Gasteiger partial charge is 0.493 e. The van der Waals surface area contributed by atoms with E-state index in [1.54, 1.807) is 12.1 Å². The van der Waals surface area contributed by atoms with Gasteiger partial charge in [0.1, 0.15) is 17.1 Å². The molecule has 27 heavy (non-hydrogen) atoms. The van der Waals surface area contributed by atoms with Crippen LogP contribution in [0.15, 0.2) is 55.1 Å². The van der Waals surface area contributed by atoms with Crippen molar-refractivity contribution in [3.05, 3.63) is 72.1 Å². The summed E-state index contributed by atoms with van der Waals surface area (Å²) >= 11 is 0. The van der Waals surface area contributed by atoms with Crippen LogP contribution in [0.2, 0.25) is 0 Å². The summed E-state index contributed by atoms with van der Waals surface area (Å²) in [5.41, 5.74) is 3.19. The summed E-state index contributed by atoms with van der Waals surface area (Å²) in [6.07, 6.45) is 2.53. The van der Waals surface area contributed by atoms with Gasteiger partial charge in [0.15, 0.2) is 0 Å². The number of nitrogens with zero attached hydrogens (tertiary/aromatic N) is 2. The highest BCUT2D eigenvalue weighted by Crippen LogP contribution is 2.25. The normalized spacial score (nSPS) is 12.1. The molecule has 0 bridgehead atoms. The van der Waals surface area contributed by atoms with Gasteiger partial charge >= 0.3 is 5.97 Å². The molecular weight excluding hydrogens is 340 g/mol. The van der Waals surface area contributed by atoms with Crippen molar-refractivity contribution in [2.24, 2.45) is 5.92 Å². The lowest BCUT2D eigenvalue weighted by molar-refractivity contribution is 0.0692. The summed E-state index contributed by atoms with van der Waals surface area (Å²) in [5.74, 6) is 0.659. The zero-order valence-electron chi connectivity index (χ0n) is 15.7. The molecule has 2 aromatic carbocycles. The number of fused-ring (bicyclic) bond motifs is 1. The molecule has 1 heterocycles. The quantitative estimate of drug-likeness (QED) is 0.596. The van der Waals surface area contributed by atoms with Crippen molar-refractivity contribution in [2.75, 3.05) is 6.61 Å². The second-order valence-electron chi connectivity index (χ2n) is 6.59. The van der Waals surface area contributed by atoms with Crippen LogP contribution >= 0.6 is 0 Å². The molecule has 1 unspecified atom stereocenters. The van der Waals surface area contributed by atoms with Gasteiger partial charge in [-0.2, -0.15) is 0 Å².